The number of hydrogen-bond donors (Lipinski definition) is 0. The molecule has 0 N–H and O–H groups in total. The van der Waals surface area contributed by atoms with Crippen LogP contribution in [0.25, 0.3) is 16.6 Å². The van der Waals surface area contributed by atoms with Gasteiger partial charge in [-0.2, -0.15) is 0 Å². The lowest BCUT2D eigenvalue weighted by molar-refractivity contribution is 0.170. The van der Waals surface area contributed by atoms with E-state index in [0.717, 1.165) is 30.3 Å². The quantitative estimate of drug-likeness (QED) is 0.435. The van der Waals surface area contributed by atoms with Crippen LogP contribution in [0.2, 0.25) is 5.15 Å². The Morgan fingerprint density at radius 3 is 2.83 bits per heavy atom. The number of ether oxygens (including phenoxy) is 1. The third-order valence-electron chi connectivity index (χ3n) is 5.61. The van der Waals surface area contributed by atoms with Crippen molar-refractivity contribution in [2.24, 2.45) is 5.92 Å². The lowest BCUT2D eigenvalue weighted by Gasteiger charge is -2.30. The number of aryl methyl sites for hydroxylation is 1. The lowest BCUT2D eigenvalue weighted by atomic mass is 10.0. The topological polar surface area (TPSA) is 60.3 Å². The Bertz CT molecular complexity index is 1080. The van der Waals surface area contributed by atoms with Crippen LogP contribution in [0.3, 0.4) is 0 Å². The summed E-state index contributed by atoms with van der Waals surface area (Å²) in [7, 11) is 0. The smallest absolute Gasteiger partial charge is 0.266 e. The van der Waals surface area contributed by atoms with Gasteiger partial charge in [0.1, 0.15) is 16.7 Å². The SMILES string of the molecule is Cc1nc2cnc(Cl)cc2c(=O)n1-c1ccc(OCCCN2CCC[C@H](C)C2)cc1. The van der Waals surface area contributed by atoms with Gasteiger partial charge in [0.2, 0.25) is 0 Å². The fourth-order valence-electron chi connectivity index (χ4n) is 4.14. The first-order valence-electron chi connectivity index (χ1n) is 10.5. The Morgan fingerprint density at radius 2 is 2.07 bits per heavy atom. The molecule has 3 aromatic rings. The number of aromatic nitrogens is 3. The molecule has 0 spiro atoms. The van der Waals surface area contributed by atoms with Crippen molar-refractivity contribution in [2.75, 3.05) is 26.2 Å². The van der Waals surface area contributed by atoms with Crippen LogP contribution in [0, 0.1) is 12.8 Å². The Kier molecular flexibility index (Phi) is 6.35. The van der Waals surface area contributed by atoms with E-state index in [1.165, 1.54) is 32.1 Å². The van der Waals surface area contributed by atoms with E-state index in [1.54, 1.807) is 17.6 Å². The van der Waals surface area contributed by atoms with Gasteiger partial charge in [0, 0.05) is 13.1 Å². The van der Waals surface area contributed by atoms with E-state index in [-0.39, 0.29) is 10.7 Å². The summed E-state index contributed by atoms with van der Waals surface area (Å²) in [6.45, 7) is 8.30. The Labute approximate surface area is 181 Å². The summed E-state index contributed by atoms with van der Waals surface area (Å²) < 4.78 is 7.49. The molecule has 1 aliphatic heterocycles. The molecule has 1 saturated heterocycles. The molecule has 0 unspecified atom stereocenters. The van der Waals surface area contributed by atoms with Crippen molar-refractivity contribution < 1.29 is 4.74 Å². The monoisotopic (exact) mass is 426 g/mol. The second-order valence-electron chi connectivity index (χ2n) is 8.07. The van der Waals surface area contributed by atoms with Crippen molar-refractivity contribution in [3.05, 3.63) is 57.9 Å². The summed E-state index contributed by atoms with van der Waals surface area (Å²) in [6.07, 6.45) is 5.18. The average Bonchev–Trinajstić information content (AvgIpc) is 2.73. The van der Waals surface area contributed by atoms with E-state index in [9.17, 15) is 4.79 Å². The van der Waals surface area contributed by atoms with Crippen LogP contribution in [0.15, 0.2) is 41.3 Å². The van der Waals surface area contributed by atoms with Gasteiger partial charge in [-0.1, -0.05) is 18.5 Å². The van der Waals surface area contributed by atoms with Crippen LogP contribution in [-0.4, -0.2) is 45.7 Å². The maximum absolute atomic E-state index is 13.0. The van der Waals surface area contributed by atoms with Crippen molar-refractivity contribution in [3.8, 4) is 11.4 Å². The highest BCUT2D eigenvalue weighted by atomic mass is 35.5. The van der Waals surface area contributed by atoms with Crippen molar-refractivity contribution in [1.29, 1.82) is 0 Å². The first kappa shape index (κ1) is 20.8. The Balaban J connectivity index is 1.42. The summed E-state index contributed by atoms with van der Waals surface area (Å²) in [5.74, 6) is 2.20. The fraction of sp³-hybridized carbons (Fsp3) is 0.435. The molecule has 1 fully saturated rings. The average molecular weight is 427 g/mol. The number of benzene rings is 1. The van der Waals surface area contributed by atoms with Gasteiger partial charge >= 0.3 is 0 Å². The second kappa shape index (κ2) is 9.14. The van der Waals surface area contributed by atoms with Crippen molar-refractivity contribution >= 4 is 22.5 Å². The molecular weight excluding hydrogens is 400 g/mol. The highest BCUT2D eigenvalue weighted by molar-refractivity contribution is 6.30. The molecule has 2 aromatic heterocycles. The highest BCUT2D eigenvalue weighted by Gasteiger charge is 2.15. The second-order valence-corrected chi connectivity index (χ2v) is 8.45. The number of rotatable bonds is 6. The predicted molar refractivity (Wildman–Crippen MR) is 120 cm³/mol. The van der Waals surface area contributed by atoms with Gasteiger partial charge in [-0.05, 0) is 69.0 Å². The summed E-state index contributed by atoms with van der Waals surface area (Å²) in [5.41, 5.74) is 1.13. The molecule has 0 aliphatic carbocycles. The van der Waals surface area contributed by atoms with Gasteiger partial charge in [0.05, 0.1) is 29.4 Å². The van der Waals surface area contributed by atoms with Gasteiger partial charge in [0.15, 0.2) is 0 Å². The highest BCUT2D eigenvalue weighted by Crippen LogP contribution is 2.19. The van der Waals surface area contributed by atoms with Crippen LogP contribution in [0.1, 0.15) is 32.0 Å². The van der Waals surface area contributed by atoms with Crippen molar-refractivity contribution in [1.82, 2.24) is 19.4 Å². The number of nitrogens with zero attached hydrogens (tertiary/aromatic N) is 4. The van der Waals surface area contributed by atoms with Gasteiger partial charge in [-0.25, -0.2) is 9.97 Å². The van der Waals surface area contributed by atoms with Gasteiger partial charge in [0.25, 0.3) is 5.56 Å². The normalized spacial score (nSPS) is 17.4. The maximum atomic E-state index is 13.0. The van der Waals surface area contributed by atoms with Crippen LogP contribution < -0.4 is 10.3 Å². The summed E-state index contributed by atoms with van der Waals surface area (Å²) >= 11 is 5.96. The van der Waals surface area contributed by atoms with Crippen LogP contribution >= 0.6 is 11.6 Å². The number of fused-ring (bicyclic) bond motifs is 1. The van der Waals surface area contributed by atoms with Gasteiger partial charge in [-0.3, -0.25) is 9.36 Å². The van der Waals surface area contributed by atoms with Crippen LogP contribution in [-0.2, 0) is 0 Å². The van der Waals surface area contributed by atoms with Gasteiger partial charge in [-0.15, -0.1) is 0 Å². The summed E-state index contributed by atoms with van der Waals surface area (Å²) in [5, 5.41) is 0.729. The molecule has 7 heteroatoms. The Hall–Kier alpha value is -2.44. The first-order chi connectivity index (χ1) is 14.5. The van der Waals surface area contributed by atoms with E-state index in [0.29, 0.717) is 23.3 Å². The Morgan fingerprint density at radius 1 is 1.27 bits per heavy atom. The van der Waals surface area contributed by atoms with Crippen LogP contribution in [0.4, 0.5) is 0 Å². The zero-order valence-electron chi connectivity index (χ0n) is 17.5. The van der Waals surface area contributed by atoms with Gasteiger partial charge < -0.3 is 9.64 Å². The number of halogens is 1. The molecule has 1 atom stereocenters. The predicted octanol–water partition coefficient (Wildman–Crippen LogP) is 4.24. The zero-order valence-corrected chi connectivity index (χ0v) is 18.2. The number of piperidine rings is 1. The lowest BCUT2D eigenvalue weighted by Crippen LogP contribution is -2.35. The third kappa shape index (κ3) is 4.65. The van der Waals surface area contributed by atoms with Crippen LogP contribution in [0.5, 0.6) is 5.75 Å². The molecule has 6 nitrogen and oxygen atoms in total. The standard InChI is InChI=1S/C23H27ClN4O2/c1-16-5-3-10-27(15-16)11-4-12-30-19-8-6-18(7-9-19)28-17(2)26-21-14-25-22(24)13-20(21)23(28)29/h6-9,13-14,16H,3-5,10-12,15H2,1-2H3/t16-/m0/s1. The number of pyridine rings is 1. The van der Waals surface area contributed by atoms with E-state index in [4.69, 9.17) is 16.3 Å². The molecule has 1 aromatic carbocycles. The minimum atomic E-state index is -0.161. The molecule has 3 heterocycles. The number of likely N-dealkylation sites (tertiary alicyclic amines) is 1. The molecule has 0 amide bonds. The minimum absolute atomic E-state index is 0.161. The molecule has 0 saturated carbocycles. The molecule has 0 bridgehead atoms. The minimum Gasteiger partial charge on any atom is -0.494 e. The van der Waals surface area contributed by atoms with E-state index in [2.05, 4.69) is 21.8 Å². The van der Waals surface area contributed by atoms with E-state index >= 15 is 0 Å². The summed E-state index contributed by atoms with van der Waals surface area (Å²) in [4.78, 5) is 24.0. The number of hydrogen-bond acceptors (Lipinski definition) is 5. The zero-order chi connectivity index (χ0) is 21.1. The molecule has 30 heavy (non-hydrogen) atoms. The fourth-order valence-corrected chi connectivity index (χ4v) is 4.30. The molecule has 158 valence electrons. The maximum Gasteiger partial charge on any atom is 0.266 e. The van der Waals surface area contributed by atoms with E-state index < -0.39 is 0 Å². The third-order valence-corrected chi connectivity index (χ3v) is 5.82. The first-order valence-corrected chi connectivity index (χ1v) is 10.9. The molecular formula is C23H27ClN4O2. The molecule has 1 aliphatic rings. The summed E-state index contributed by atoms with van der Waals surface area (Å²) in [6, 6.07) is 9.11. The largest absolute Gasteiger partial charge is 0.494 e. The van der Waals surface area contributed by atoms with Crippen molar-refractivity contribution in [2.45, 2.75) is 33.1 Å². The van der Waals surface area contributed by atoms with E-state index in [1.807, 2.05) is 24.3 Å². The van der Waals surface area contributed by atoms with Crippen molar-refractivity contribution in [3.63, 3.8) is 0 Å². The molecule has 4 rings (SSSR count). The molecule has 0 radical (unpaired) electrons.